The summed E-state index contributed by atoms with van der Waals surface area (Å²) in [4.78, 5) is 24.3. The van der Waals surface area contributed by atoms with E-state index in [1.807, 2.05) is 32.0 Å². The molecule has 0 aliphatic rings. The topological polar surface area (TPSA) is 89.0 Å². The summed E-state index contributed by atoms with van der Waals surface area (Å²) in [5.41, 5.74) is 6.53. The third-order valence-electron chi connectivity index (χ3n) is 4.82. The summed E-state index contributed by atoms with van der Waals surface area (Å²) in [6, 6.07) is 17.3. The highest BCUT2D eigenvalue weighted by Crippen LogP contribution is 2.27. The fourth-order valence-electron chi connectivity index (χ4n) is 2.87. The normalized spacial score (nSPS) is 10.7. The second-order valence-electron chi connectivity index (χ2n) is 7.25. The molecule has 0 aliphatic carbocycles. The Labute approximate surface area is 197 Å². The SMILES string of the molecule is COc1cc(C=NNC(=O)c2ccc(Cl)cc2)ccc1OCC(=O)Nc1ccc(C)c(C)c1. The zero-order valence-electron chi connectivity index (χ0n) is 18.5. The Morgan fingerprint density at radius 2 is 1.73 bits per heavy atom. The summed E-state index contributed by atoms with van der Waals surface area (Å²) < 4.78 is 11.0. The first-order chi connectivity index (χ1) is 15.9. The lowest BCUT2D eigenvalue weighted by molar-refractivity contribution is -0.118. The molecule has 0 saturated carbocycles. The molecule has 170 valence electrons. The summed E-state index contributed by atoms with van der Waals surface area (Å²) >= 11 is 5.82. The highest BCUT2D eigenvalue weighted by Gasteiger charge is 2.09. The van der Waals surface area contributed by atoms with E-state index < -0.39 is 0 Å². The van der Waals surface area contributed by atoms with Crippen molar-refractivity contribution in [1.29, 1.82) is 0 Å². The molecule has 8 heteroatoms. The summed E-state index contributed by atoms with van der Waals surface area (Å²) in [6.45, 7) is 3.83. The average molecular weight is 466 g/mol. The maximum Gasteiger partial charge on any atom is 0.271 e. The standard InChI is InChI=1S/C25H24ClN3O4/c1-16-4-10-21(12-17(16)2)28-24(30)15-33-22-11-5-18(13-23(22)32-3)14-27-29-25(31)19-6-8-20(26)9-7-19/h4-14H,15H2,1-3H3,(H,28,30)(H,29,31). The van der Waals surface area contributed by atoms with Crippen molar-refractivity contribution < 1.29 is 19.1 Å². The van der Waals surface area contributed by atoms with Crippen LogP contribution in [-0.2, 0) is 4.79 Å². The summed E-state index contributed by atoms with van der Waals surface area (Å²) in [5, 5.41) is 7.32. The van der Waals surface area contributed by atoms with Gasteiger partial charge in [-0.15, -0.1) is 0 Å². The van der Waals surface area contributed by atoms with E-state index in [1.165, 1.54) is 13.3 Å². The minimum Gasteiger partial charge on any atom is -0.493 e. The molecule has 0 bridgehead atoms. The van der Waals surface area contributed by atoms with Gasteiger partial charge in [0, 0.05) is 16.3 Å². The van der Waals surface area contributed by atoms with Gasteiger partial charge in [-0.25, -0.2) is 5.43 Å². The number of benzene rings is 3. The second-order valence-corrected chi connectivity index (χ2v) is 7.69. The fourth-order valence-corrected chi connectivity index (χ4v) is 3.00. The van der Waals surface area contributed by atoms with Gasteiger partial charge in [-0.1, -0.05) is 17.7 Å². The van der Waals surface area contributed by atoms with E-state index in [-0.39, 0.29) is 18.4 Å². The minimum absolute atomic E-state index is 0.173. The molecule has 3 aromatic rings. The van der Waals surface area contributed by atoms with E-state index >= 15 is 0 Å². The zero-order valence-corrected chi connectivity index (χ0v) is 19.3. The number of hydrogen-bond donors (Lipinski definition) is 2. The van der Waals surface area contributed by atoms with Crippen LogP contribution >= 0.6 is 11.6 Å². The number of rotatable bonds is 8. The van der Waals surface area contributed by atoms with Crippen LogP contribution < -0.4 is 20.2 Å². The Kier molecular flexibility index (Phi) is 8.05. The van der Waals surface area contributed by atoms with E-state index in [2.05, 4.69) is 15.8 Å². The maximum absolute atomic E-state index is 12.2. The van der Waals surface area contributed by atoms with Crippen molar-refractivity contribution in [2.45, 2.75) is 13.8 Å². The molecule has 0 heterocycles. The van der Waals surface area contributed by atoms with Crippen LogP contribution in [-0.4, -0.2) is 31.7 Å². The van der Waals surface area contributed by atoms with Gasteiger partial charge in [-0.2, -0.15) is 5.10 Å². The van der Waals surface area contributed by atoms with Crippen molar-refractivity contribution in [2.24, 2.45) is 5.10 Å². The van der Waals surface area contributed by atoms with Gasteiger partial charge < -0.3 is 14.8 Å². The molecule has 2 amide bonds. The predicted molar refractivity (Wildman–Crippen MR) is 130 cm³/mol. The van der Waals surface area contributed by atoms with Gasteiger partial charge in [0.1, 0.15) is 0 Å². The third kappa shape index (κ3) is 6.82. The Bertz CT molecular complexity index is 1180. The number of nitrogens with one attached hydrogen (secondary N) is 2. The molecule has 0 aromatic heterocycles. The van der Waals surface area contributed by atoms with E-state index in [0.717, 1.165) is 11.1 Å². The number of nitrogens with zero attached hydrogens (tertiary/aromatic N) is 1. The molecule has 33 heavy (non-hydrogen) atoms. The van der Waals surface area contributed by atoms with Crippen molar-refractivity contribution in [3.63, 3.8) is 0 Å². The number of carbonyl (C=O) groups excluding carboxylic acids is 2. The number of methoxy groups -OCH3 is 1. The monoisotopic (exact) mass is 465 g/mol. The Balaban J connectivity index is 1.56. The molecular weight excluding hydrogens is 442 g/mol. The number of anilines is 1. The highest BCUT2D eigenvalue weighted by atomic mass is 35.5. The molecule has 0 radical (unpaired) electrons. The lowest BCUT2D eigenvalue weighted by Gasteiger charge is -2.12. The predicted octanol–water partition coefficient (Wildman–Crippen LogP) is 4.75. The zero-order chi connectivity index (χ0) is 23.8. The molecule has 2 N–H and O–H groups in total. The van der Waals surface area contributed by atoms with Crippen molar-refractivity contribution >= 4 is 35.3 Å². The highest BCUT2D eigenvalue weighted by molar-refractivity contribution is 6.30. The van der Waals surface area contributed by atoms with E-state index in [1.54, 1.807) is 42.5 Å². The van der Waals surface area contributed by atoms with Gasteiger partial charge in [0.15, 0.2) is 18.1 Å². The molecule has 0 atom stereocenters. The quantitative estimate of drug-likeness (QED) is 0.371. The van der Waals surface area contributed by atoms with Gasteiger partial charge in [0.2, 0.25) is 0 Å². The maximum atomic E-state index is 12.2. The van der Waals surface area contributed by atoms with Crippen molar-refractivity contribution in [3.05, 3.63) is 87.9 Å². The molecule has 0 unspecified atom stereocenters. The lowest BCUT2D eigenvalue weighted by Crippen LogP contribution is -2.20. The first-order valence-electron chi connectivity index (χ1n) is 10.1. The minimum atomic E-state index is -0.357. The van der Waals surface area contributed by atoms with E-state index in [9.17, 15) is 9.59 Å². The van der Waals surface area contributed by atoms with Gasteiger partial charge in [-0.05, 0) is 85.1 Å². The first kappa shape index (κ1) is 23.8. The van der Waals surface area contributed by atoms with Crippen molar-refractivity contribution in [2.75, 3.05) is 19.0 Å². The summed E-state index contributed by atoms with van der Waals surface area (Å²) in [7, 11) is 1.50. The van der Waals surface area contributed by atoms with Crippen LogP contribution in [0.5, 0.6) is 11.5 Å². The summed E-state index contributed by atoms with van der Waals surface area (Å²) in [5.74, 6) is 0.206. The molecule has 7 nitrogen and oxygen atoms in total. The van der Waals surface area contributed by atoms with E-state index in [0.29, 0.717) is 33.3 Å². The van der Waals surface area contributed by atoms with Crippen LogP contribution in [0.15, 0.2) is 65.8 Å². The first-order valence-corrected chi connectivity index (χ1v) is 10.5. The Hall–Kier alpha value is -3.84. The molecule has 0 spiro atoms. The number of halogens is 1. The molecule has 0 saturated heterocycles. The number of ether oxygens (including phenoxy) is 2. The second kappa shape index (κ2) is 11.2. The number of hydrogen-bond acceptors (Lipinski definition) is 5. The Morgan fingerprint density at radius 1 is 0.970 bits per heavy atom. The number of amides is 2. The molecule has 3 aromatic carbocycles. The molecule has 3 rings (SSSR count). The van der Waals surface area contributed by atoms with Gasteiger partial charge in [-0.3, -0.25) is 9.59 Å². The van der Waals surface area contributed by atoms with Crippen molar-refractivity contribution in [3.8, 4) is 11.5 Å². The molecule has 0 fully saturated rings. The lowest BCUT2D eigenvalue weighted by atomic mass is 10.1. The van der Waals surface area contributed by atoms with E-state index in [4.69, 9.17) is 21.1 Å². The largest absolute Gasteiger partial charge is 0.493 e. The van der Waals surface area contributed by atoms with Gasteiger partial charge >= 0.3 is 0 Å². The van der Waals surface area contributed by atoms with Crippen LogP contribution in [0.3, 0.4) is 0 Å². The number of carbonyl (C=O) groups is 2. The van der Waals surface area contributed by atoms with Crippen molar-refractivity contribution in [1.82, 2.24) is 5.43 Å². The average Bonchev–Trinajstić information content (AvgIpc) is 2.80. The van der Waals surface area contributed by atoms with Crippen LogP contribution in [0.4, 0.5) is 5.69 Å². The van der Waals surface area contributed by atoms with Gasteiger partial charge in [0.25, 0.3) is 11.8 Å². The smallest absolute Gasteiger partial charge is 0.271 e. The van der Waals surface area contributed by atoms with Crippen LogP contribution in [0.25, 0.3) is 0 Å². The Morgan fingerprint density at radius 3 is 2.42 bits per heavy atom. The third-order valence-corrected chi connectivity index (χ3v) is 5.08. The number of aryl methyl sites for hydroxylation is 2. The molecular formula is C25H24ClN3O4. The van der Waals surface area contributed by atoms with Crippen LogP contribution in [0.2, 0.25) is 5.02 Å². The van der Waals surface area contributed by atoms with Crippen LogP contribution in [0, 0.1) is 13.8 Å². The number of hydrazone groups is 1. The van der Waals surface area contributed by atoms with Gasteiger partial charge in [0.05, 0.1) is 13.3 Å². The summed E-state index contributed by atoms with van der Waals surface area (Å²) in [6.07, 6.45) is 1.48. The molecule has 0 aliphatic heterocycles. The fraction of sp³-hybridized carbons (Fsp3) is 0.160. The van der Waals surface area contributed by atoms with Crippen LogP contribution in [0.1, 0.15) is 27.0 Å².